The number of esters is 1. The second kappa shape index (κ2) is 7.90. The summed E-state index contributed by atoms with van der Waals surface area (Å²) in [7, 11) is 0. The molecule has 1 aliphatic carbocycles. The van der Waals surface area contributed by atoms with Gasteiger partial charge in [-0.2, -0.15) is 0 Å². The normalized spacial score (nSPS) is 22.2. The van der Waals surface area contributed by atoms with Crippen LogP contribution >= 0.6 is 0 Å². The van der Waals surface area contributed by atoms with Gasteiger partial charge in [0.2, 0.25) is 0 Å². The third-order valence-corrected chi connectivity index (χ3v) is 6.02. The Balaban J connectivity index is 1.58. The van der Waals surface area contributed by atoms with Gasteiger partial charge in [0.25, 0.3) is 0 Å². The first kappa shape index (κ1) is 19.9. The molecule has 1 saturated carbocycles. The second-order valence-electron chi connectivity index (χ2n) is 8.41. The van der Waals surface area contributed by atoms with Crippen molar-refractivity contribution in [1.82, 2.24) is 14.5 Å². The minimum atomic E-state index is -0.933. The summed E-state index contributed by atoms with van der Waals surface area (Å²) in [5.41, 5.74) is 2.71. The molecule has 7 heteroatoms. The van der Waals surface area contributed by atoms with Crippen LogP contribution in [0.3, 0.4) is 0 Å². The van der Waals surface area contributed by atoms with E-state index in [1.165, 1.54) is 0 Å². The number of rotatable bonds is 6. The maximum Gasteiger partial charge on any atom is 0.308 e. The Labute approximate surface area is 180 Å². The van der Waals surface area contributed by atoms with E-state index in [0.717, 1.165) is 22.5 Å². The van der Waals surface area contributed by atoms with Gasteiger partial charge in [-0.3, -0.25) is 9.78 Å². The van der Waals surface area contributed by atoms with Crippen LogP contribution < -0.4 is 0 Å². The number of cyclic esters (lactones) is 1. The summed E-state index contributed by atoms with van der Waals surface area (Å²) in [6, 6.07) is 13.8. The van der Waals surface area contributed by atoms with Crippen molar-refractivity contribution >= 4 is 5.97 Å². The first-order chi connectivity index (χ1) is 15.0. The number of carbonyl (C=O) groups excluding carboxylic acids is 1. The number of nitrogens with zero attached hydrogens (tertiary/aromatic N) is 3. The average Bonchev–Trinajstić information content (AvgIpc) is 3.40. The molecule has 0 bridgehead atoms. The van der Waals surface area contributed by atoms with E-state index in [2.05, 4.69) is 9.55 Å². The first-order valence-corrected chi connectivity index (χ1v) is 10.7. The summed E-state index contributed by atoms with van der Waals surface area (Å²) in [5.74, 6) is 0.275. The summed E-state index contributed by atoms with van der Waals surface area (Å²) < 4.78 is 7.52. The maximum absolute atomic E-state index is 11.8. The van der Waals surface area contributed by atoms with Gasteiger partial charge >= 0.3 is 5.97 Å². The number of hydrogen-bond donors (Lipinski definition) is 2. The second-order valence-corrected chi connectivity index (χ2v) is 8.41. The number of aliphatic hydroxyl groups is 2. The molecule has 0 amide bonds. The molecule has 31 heavy (non-hydrogen) atoms. The van der Waals surface area contributed by atoms with Crippen molar-refractivity contribution in [1.29, 1.82) is 0 Å². The number of imidazole rings is 1. The lowest BCUT2D eigenvalue weighted by Gasteiger charge is -2.26. The lowest BCUT2D eigenvalue weighted by atomic mass is 10.0. The molecule has 2 atom stereocenters. The fourth-order valence-corrected chi connectivity index (χ4v) is 4.28. The van der Waals surface area contributed by atoms with Gasteiger partial charge in [-0.25, -0.2) is 4.98 Å². The number of aromatic nitrogens is 3. The molecule has 3 heterocycles. The standard InChI is InChI=1S/C24H25N3O4/c28-18-14-19(31-20(29)15-18)8-13-27-22(17-4-2-1-3-5-17)21(16-6-11-25-12-7-16)26-23(27)24(30)9-10-24/h1-7,11-12,18-19,28,30H,8-10,13-15H2/t18-,19-/m1/s1. The van der Waals surface area contributed by atoms with Crippen LogP contribution in [0.2, 0.25) is 0 Å². The Morgan fingerprint density at radius 1 is 1.10 bits per heavy atom. The molecule has 1 saturated heterocycles. The Kier molecular flexibility index (Phi) is 5.08. The summed E-state index contributed by atoms with van der Waals surface area (Å²) in [4.78, 5) is 20.8. The van der Waals surface area contributed by atoms with E-state index in [9.17, 15) is 15.0 Å². The van der Waals surface area contributed by atoms with Gasteiger partial charge in [-0.05, 0) is 25.0 Å². The van der Waals surface area contributed by atoms with E-state index >= 15 is 0 Å². The monoisotopic (exact) mass is 419 g/mol. The molecule has 3 aromatic rings. The van der Waals surface area contributed by atoms with Crippen molar-refractivity contribution in [3.8, 4) is 22.5 Å². The van der Waals surface area contributed by atoms with Crippen molar-refractivity contribution in [2.75, 3.05) is 0 Å². The fourth-order valence-electron chi connectivity index (χ4n) is 4.28. The van der Waals surface area contributed by atoms with Crippen LogP contribution in [0, 0.1) is 0 Å². The van der Waals surface area contributed by atoms with Crippen LogP contribution in [0.25, 0.3) is 22.5 Å². The maximum atomic E-state index is 11.8. The molecule has 5 rings (SSSR count). The van der Waals surface area contributed by atoms with Gasteiger partial charge in [0.1, 0.15) is 17.5 Å². The van der Waals surface area contributed by atoms with Crippen LogP contribution in [-0.4, -0.2) is 42.9 Å². The van der Waals surface area contributed by atoms with Crippen molar-refractivity contribution in [2.24, 2.45) is 0 Å². The Morgan fingerprint density at radius 2 is 1.84 bits per heavy atom. The Hall–Kier alpha value is -3.03. The van der Waals surface area contributed by atoms with E-state index in [0.29, 0.717) is 38.1 Å². The van der Waals surface area contributed by atoms with Gasteiger partial charge in [-0.1, -0.05) is 30.3 Å². The highest BCUT2D eigenvalue weighted by Crippen LogP contribution is 2.47. The minimum Gasteiger partial charge on any atom is -0.462 e. The van der Waals surface area contributed by atoms with Crippen LogP contribution in [0.5, 0.6) is 0 Å². The van der Waals surface area contributed by atoms with Crippen LogP contribution in [0.15, 0.2) is 54.9 Å². The smallest absolute Gasteiger partial charge is 0.308 e. The third-order valence-electron chi connectivity index (χ3n) is 6.02. The number of carbonyl (C=O) groups is 1. The number of pyridine rings is 1. The quantitative estimate of drug-likeness (QED) is 0.596. The molecule has 0 spiro atoms. The van der Waals surface area contributed by atoms with Crippen molar-refractivity contribution < 1.29 is 19.7 Å². The fraction of sp³-hybridized carbons (Fsp3) is 0.375. The molecule has 2 fully saturated rings. The van der Waals surface area contributed by atoms with Gasteiger partial charge in [0, 0.05) is 42.9 Å². The summed E-state index contributed by atoms with van der Waals surface area (Å²) in [6.45, 7) is 0.518. The molecule has 0 unspecified atom stereocenters. The van der Waals surface area contributed by atoms with E-state index in [4.69, 9.17) is 9.72 Å². The van der Waals surface area contributed by atoms with E-state index in [1.807, 2.05) is 42.5 Å². The highest BCUT2D eigenvalue weighted by atomic mass is 16.5. The number of hydrogen-bond acceptors (Lipinski definition) is 6. The first-order valence-electron chi connectivity index (χ1n) is 10.7. The van der Waals surface area contributed by atoms with E-state index < -0.39 is 11.7 Å². The lowest BCUT2D eigenvalue weighted by Crippen LogP contribution is -2.33. The number of ether oxygens (including phenoxy) is 1. The molecule has 2 N–H and O–H groups in total. The molecule has 7 nitrogen and oxygen atoms in total. The topological polar surface area (TPSA) is 97.5 Å². The minimum absolute atomic E-state index is 0.0496. The number of benzene rings is 1. The molecule has 1 aliphatic heterocycles. The van der Waals surface area contributed by atoms with Crippen molar-refractivity contribution in [3.63, 3.8) is 0 Å². The largest absolute Gasteiger partial charge is 0.462 e. The van der Waals surface area contributed by atoms with E-state index in [1.54, 1.807) is 12.4 Å². The van der Waals surface area contributed by atoms with Gasteiger partial charge < -0.3 is 19.5 Å². The zero-order chi connectivity index (χ0) is 21.4. The van der Waals surface area contributed by atoms with Crippen LogP contribution in [0.1, 0.15) is 37.9 Å². The van der Waals surface area contributed by atoms with Gasteiger partial charge in [0.05, 0.1) is 23.9 Å². The zero-order valence-corrected chi connectivity index (χ0v) is 17.1. The average molecular weight is 419 g/mol. The molecular formula is C24H25N3O4. The van der Waals surface area contributed by atoms with Crippen molar-refractivity contribution in [3.05, 3.63) is 60.7 Å². The van der Waals surface area contributed by atoms with E-state index in [-0.39, 0.29) is 18.5 Å². The predicted octanol–water partition coefficient (Wildman–Crippen LogP) is 3.05. The zero-order valence-electron chi connectivity index (χ0n) is 17.1. The summed E-state index contributed by atoms with van der Waals surface area (Å²) in [5, 5.41) is 21.0. The molecule has 2 aromatic heterocycles. The van der Waals surface area contributed by atoms with Crippen LogP contribution in [-0.2, 0) is 21.7 Å². The molecular weight excluding hydrogens is 394 g/mol. The third kappa shape index (κ3) is 3.98. The van der Waals surface area contributed by atoms with Crippen molar-refractivity contribution in [2.45, 2.75) is 56.5 Å². The lowest BCUT2D eigenvalue weighted by molar-refractivity contribution is -0.160. The van der Waals surface area contributed by atoms with Gasteiger partial charge in [0.15, 0.2) is 0 Å². The highest BCUT2D eigenvalue weighted by molar-refractivity contribution is 5.79. The van der Waals surface area contributed by atoms with Gasteiger partial charge in [-0.15, -0.1) is 0 Å². The molecule has 0 radical (unpaired) electrons. The molecule has 2 aliphatic rings. The molecule has 160 valence electrons. The highest BCUT2D eigenvalue weighted by Gasteiger charge is 2.47. The SMILES string of the molecule is O=C1C[C@H](O)C[C@@H](CCn2c(C3(O)CC3)nc(-c3ccncc3)c2-c2ccccc2)O1. The summed E-state index contributed by atoms with van der Waals surface area (Å²) >= 11 is 0. The van der Waals surface area contributed by atoms with Crippen LogP contribution in [0.4, 0.5) is 0 Å². The Bertz CT molecular complexity index is 1080. The molecule has 1 aromatic carbocycles. The number of aliphatic hydroxyl groups excluding tert-OH is 1. The predicted molar refractivity (Wildman–Crippen MR) is 114 cm³/mol. The summed E-state index contributed by atoms with van der Waals surface area (Å²) in [6.07, 6.45) is 4.81. The Morgan fingerprint density at radius 3 is 2.52 bits per heavy atom.